The van der Waals surface area contributed by atoms with Crippen LogP contribution in [0.4, 0.5) is 9.52 Å². The third kappa shape index (κ3) is 4.61. The zero-order valence-electron chi connectivity index (χ0n) is 17.7. The Morgan fingerprint density at radius 2 is 1.94 bits per heavy atom. The van der Waals surface area contributed by atoms with Gasteiger partial charge in [-0.3, -0.25) is 10.1 Å². The van der Waals surface area contributed by atoms with E-state index in [1.807, 2.05) is 30.6 Å². The van der Waals surface area contributed by atoms with E-state index >= 15 is 0 Å². The van der Waals surface area contributed by atoms with Crippen LogP contribution in [-0.2, 0) is 14.6 Å². The number of carbonyl (C=O) groups excluding carboxylic acids is 1. The van der Waals surface area contributed by atoms with Crippen molar-refractivity contribution in [3.63, 3.8) is 0 Å². The molecule has 0 unspecified atom stereocenters. The normalized spacial score (nSPS) is 12.1. The number of nitrogens with one attached hydrogen (secondary N) is 1. The molecule has 2 aromatic heterocycles. The average Bonchev–Trinajstić information content (AvgIpc) is 3.31. The van der Waals surface area contributed by atoms with E-state index in [0.29, 0.717) is 5.56 Å². The molecule has 0 aliphatic heterocycles. The monoisotopic (exact) mass is 473 g/mol. The number of amides is 1. The number of nitriles is 1. The smallest absolute Gasteiger partial charge is 0.268 e. The average molecular weight is 474 g/mol. The molecule has 2 heterocycles. The molecular weight excluding hydrogens is 453 g/mol. The second-order valence-corrected chi connectivity index (χ2v) is 10.4. The van der Waals surface area contributed by atoms with Gasteiger partial charge in [0.15, 0.2) is 0 Å². The van der Waals surface area contributed by atoms with Gasteiger partial charge in [-0.1, -0.05) is 0 Å². The standard InChI is InChI=1S/C21H20FN5O3S2/c1-12(2)32(29,30)21-25-20(31-26-21)24-19(28)16(11-23)10-15-9-13(3)27(14(15)4)18-7-5-17(22)6-8-18/h5-10,12H,1-4H3,(H,24,25,26,28)/b16-10-. The van der Waals surface area contributed by atoms with Crippen LogP contribution in [0.5, 0.6) is 0 Å². The van der Waals surface area contributed by atoms with E-state index in [0.717, 1.165) is 28.6 Å². The van der Waals surface area contributed by atoms with Gasteiger partial charge < -0.3 is 4.57 Å². The van der Waals surface area contributed by atoms with Crippen molar-refractivity contribution in [3.8, 4) is 11.8 Å². The topological polar surface area (TPSA) is 118 Å². The minimum atomic E-state index is -3.67. The molecule has 0 atom stereocenters. The Morgan fingerprint density at radius 1 is 1.28 bits per heavy atom. The van der Waals surface area contributed by atoms with E-state index in [1.54, 1.807) is 12.1 Å². The van der Waals surface area contributed by atoms with Gasteiger partial charge in [-0.2, -0.15) is 14.6 Å². The molecule has 0 aliphatic rings. The quantitative estimate of drug-likeness (QED) is 0.430. The van der Waals surface area contributed by atoms with Crippen molar-refractivity contribution in [2.45, 2.75) is 38.1 Å². The predicted molar refractivity (Wildman–Crippen MR) is 120 cm³/mol. The summed E-state index contributed by atoms with van der Waals surface area (Å²) in [5.74, 6) is -1.08. The summed E-state index contributed by atoms with van der Waals surface area (Å²) in [6.45, 7) is 6.70. The van der Waals surface area contributed by atoms with Crippen molar-refractivity contribution in [3.05, 3.63) is 58.7 Å². The lowest BCUT2D eigenvalue weighted by molar-refractivity contribution is -0.112. The third-order valence-electron chi connectivity index (χ3n) is 4.72. The number of anilines is 1. The van der Waals surface area contributed by atoms with Crippen molar-refractivity contribution >= 4 is 38.5 Å². The van der Waals surface area contributed by atoms with Crippen molar-refractivity contribution in [1.29, 1.82) is 5.26 Å². The lowest BCUT2D eigenvalue weighted by Gasteiger charge is -2.09. The number of nitrogens with zero attached hydrogens (tertiary/aromatic N) is 4. The second-order valence-electron chi connectivity index (χ2n) is 7.24. The van der Waals surface area contributed by atoms with Crippen LogP contribution in [0.2, 0.25) is 0 Å². The van der Waals surface area contributed by atoms with Crippen molar-refractivity contribution in [1.82, 2.24) is 13.9 Å². The van der Waals surface area contributed by atoms with Crippen LogP contribution in [0.25, 0.3) is 11.8 Å². The van der Waals surface area contributed by atoms with Crippen LogP contribution in [0.15, 0.2) is 41.1 Å². The Labute approximate surface area is 189 Å². The molecule has 1 N–H and O–H groups in total. The third-order valence-corrected chi connectivity index (χ3v) is 7.40. The Hall–Kier alpha value is -3.36. The van der Waals surface area contributed by atoms with Crippen LogP contribution < -0.4 is 5.32 Å². The number of sulfone groups is 1. The maximum atomic E-state index is 13.3. The molecule has 0 aliphatic carbocycles. The van der Waals surface area contributed by atoms with Gasteiger partial charge >= 0.3 is 0 Å². The number of aromatic nitrogens is 3. The molecule has 0 saturated carbocycles. The summed E-state index contributed by atoms with van der Waals surface area (Å²) < 4.78 is 43.2. The summed E-state index contributed by atoms with van der Waals surface area (Å²) >= 11 is 0.721. The Kier molecular flexibility index (Phi) is 6.57. The fourth-order valence-electron chi connectivity index (χ4n) is 2.98. The zero-order chi connectivity index (χ0) is 23.6. The summed E-state index contributed by atoms with van der Waals surface area (Å²) in [4.78, 5) is 16.5. The molecule has 0 saturated heterocycles. The van der Waals surface area contributed by atoms with Crippen LogP contribution in [0, 0.1) is 31.0 Å². The summed E-state index contributed by atoms with van der Waals surface area (Å²) in [6.07, 6.45) is 1.44. The molecule has 1 aromatic carbocycles. The summed E-state index contributed by atoms with van der Waals surface area (Å²) in [5, 5.41) is 10.8. The molecule has 8 nitrogen and oxygen atoms in total. The highest BCUT2D eigenvalue weighted by atomic mass is 32.2. The highest BCUT2D eigenvalue weighted by molar-refractivity contribution is 7.91. The number of benzene rings is 1. The van der Waals surface area contributed by atoms with Crippen LogP contribution in [0.3, 0.4) is 0 Å². The van der Waals surface area contributed by atoms with Crippen LogP contribution in [-0.4, -0.2) is 33.5 Å². The fraction of sp³-hybridized carbons (Fsp3) is 0.238. The summed E-state index contributed by atoms with van der Waals surface area (Å²) in [6, 6.07) is 9.65. The van der Waals surface area contributed by atoms with Crippen molar-refractivity contribution in [2.24, 2.45) is 0 Å². The highest BCUT2D eigenvalue weighted by Gasteiger charge is 2.25. The lowest BCUT2D eigenvalue weighted by atomic mass is 10.1. The van der Waals surface area contributed by atoms with E-state index in [1.165, 1.54) is 32.1 Å². The largest absolute Gasteiger partial charge is 0.318 e. The molecular formula is C21H20FN5O3S2. The number of rotatable bonds is 6. The minimum Gasteiger partial charge on any atom is -0.318 e. The first kappa shape index (κ1) is 23.3. The maximum absolute atomic E-state index is 13.3. The second kappa shape index (κ2) is 9.02. The van der Waals surface area contributed by atoms with Gasteiger partial charge in [0.1, 0.15) is 17.5 Å². The molecule has 1 amide bonds. The molecule has 0 bridgehead atoms. The van der Waals surface area contributed by atoms with Gasteiger partial charge in [0.25, 0.3) is 11.1 Å². The van der Waals surface area contributed by atoms with Crippen LogP contribution >= 0.6 is 11.5 Å². The SMILES string of the molecule is Cc1cc(/C=C(/C#N)C(=O)Nc2nc(S(=O)(=O)C(C)C)ns2)c(C)n1-c1ccc(F)cc1. The fourth-order valence-corrected chi connectivity index (χ4v) is 4.67. The molecule has 11 heteroatoms. The molecule has 3 aromatic rings. The molecule has 3 rings (SSSR count). The number of hydrogen-bond acceptors (Lipinski definition) is 7. The first-order chi connectivity index (χ1) is 15.0. The lowest BCUT2D eigenvalue weighted by Crippen LogP contribution is -2.16. The highest BCUT2D eigenvalue weighted by Crippen LogP contribution is 2.24. The summed E-state index contributed by atoms with van der Waals surface area (Å²) in [7, 11) is -3.67. The first-order valence-electron chi connectivity index (χ1n) is 9.50. The van der Waals surface area contributed by atoms with E-state index in [9.17, 15) is 22.9 Å². The molecule has 166 valence electrons. The molecule has 0 radical (unpaired) electrons. The van der Waals surface area contributed by atoms with E-state index in [4.69, 9.17) is 0 Å². The van der Waals surface area contributed by atoms with Crippen LogP contribution in [0.1, 0.15) is 30.8 Å². The predicted octanol–water partition coefficient (Wildman–Crippen LogP) is 3.81. The number of halogens is 1. The number of hydrogen-bond donors (Lipinski definition) is 1. The van der Waals surface area contributed by atoms with Gasteiger partial charge in [-0.05, 0) is 69.7 Å². The van der Waals surface area contributed by atoms with Gasteiger partial charge in [-0.25, -0.2) is 12.8 Å². The molecule has 32 heavy (non-hydrogen) atoms. The Bertz CT molecular complexity index is 1350. The van der Waals surface area contributed by atoms with E-state index in [-0.39, 0.29) is 21.7 Å². The maximum Gasteiger partial charge on any atom is 0.268 e. The van der Waals surface area contributed by atoms with Gasteiger partial charge in [0.05, 0.1) is 5.25 Å². The van der Waals surface area contributed by atoms with E-state index in [2.05, 4.69) is 14.7 Å². The summed E-state index contributed by atoms with van der Waals surface area (Å²) in [5.41, 5.74) is 2.80. The van der Waals surface area contributed by atoms with Crippen molar-refractivity contribution in [2.75, 3.05) is 5.32 Å². The van der Waals surface area contributed by atoms with Crippen molar-refractivity contribution < 1.29 is 17.6 Å². The molecule has 0 fully saturated rings. The Balaban J connectivity index is 1.88. The minimum absolute atomic E-state index is 0.0211. The zero-order valence-corrected chi connectivity index (χ0v) is 19.4. The molecule has 0 spiro atoms. The Morgan fingerprint density at radius 3 is 2.53 bits per heavy atom. The van der Waals surface area contributed by atoms with Gasteiger partial charge in [0.2, 0.25) is 15.0 Å². The number of carbonyl (C=O) groups is 1. The first-order valence-corrected chi connectivity index (χ1v) is 11.8. The van der Waals surface area contributed by atoms with E-state index < -0.39 is 21.0 Å². The van der Waals surface area contributed by atoms with Gasteiger partial charge in [0, 0.05) is 28.6 Å². The number of aryl methyl sites for hydroxylation is 1. The van der Waals surface area contributed by atoms with Gasteiger partial charge in [-0.15, -0.1) is 0 Å².